The minimum absolute atomic E-state index is 0.747. The first kappa shape index (κ1) is 16.2. The van der Waals surface area contributed by atoms with Crippen LogP contribution >= 0.6 is 0 Å². The summed E-state index contributed by atoms with van der Waals surface area (Å²) in [6, 6.07) is 22.3. The lowest BCUT2D eigenvalue weighted by Crippen LogP contribution is -1.85. The lowest BCUT2D eigenvalue weighted by molar-refractivity contribution is 1.07. The first-order valence-corrected chi connectivity index (χ1v) is 8.80. The molecule has 0 aliphatic rings. The molecule has 0 saturated carbocycles. The molecule has 0 amide bonds. The number of azo groups is 1. The minimum Gasteiger partial charge on any atom is -0.283 e. The smallest absolute Gasteiger partial charge is 0.187 e. The van der Waals surface area contributed by atoms with Crippen molar-refractivity contribution >= 4 is 17.2 Å². The van der Waals surface area contributed by atoms with Gasteiger partial charge in [0.1, 0.15) is 11.3 Å². The van der Waals surface area contributed by atoms with Crippen LogP contribution in [0.3, 0.4) is 0 Å². The molecule has 0 aliphatic heterocycles. The molecule has 0 radical (unpaired) electrons. The van der Waals surface area contributed by atoms with Gasteiger partial charge in [-0.2, -0.15) is 0 Å². The predicted molar refractivity (Wildman–Crippen MR) is 105 cm³/mol. The van der Waals surface area contributed by atoms with Gasteiger partial charge in [-0.1, -0.05) is 61.5 Å². The van der Waals surface area contributed by atoms with Crippen molar-refractivity contribution in [2.24, 2.45) is 10.2 Å². The maximum absolute atomic E-state index is 4.77. The second kappa shape index (κ2) is 6.92. The highest BCUT2D eigenvalue weighted by Crippen LogP contribution is 2.33. The second-order valence-corrected chi connectivity index (χ2v) is 6.22. The van der Waals surface area contributed by atoms with Crippen LogP contribution in [0.1, 0.15) is 18.1 Å². The standard InChI is InChI=1S/C22H20N4/c1-3-17-13-9-10-16(2)20(17)24-25-22-21(18-11-5-4-6-12-18)23-19-14-7-8-15-26(19)22/h4-15H,3H2,1-2H3. The Morgan fingerprint density at radius 1 is 0.885 bits per heavy atom. The lowest BCUT2D eigenvalue weighted by Gasteiger charge is -2.05. The number of rotatable bonds is 4. The summed E-state index contributed by atoms with van der Waals surface area (Å²) >= 11 is 0. The molecule has 0 saturated heterocycles. The fourth-order valence-electron chi connectivity index (χ4n) is 3.11. The third-order valence-electron chi connectivity index (χ3n) is 4.50. The number of benzene rings is 2. The van der Waals surface area contributed by atoms with Gasteiger partial charge in [0.05, 0.1) is 5.69 Å². The molecule has 0 fully saturated rings. The molecule has 0 unspecified atom stereocenters. The highest BCUT2D eigenvalue weighted by atomic mass is 15.2. The normalized spacial score (nSPS) is 11.5. The van der Waals surface area contributed by atoms with E-state index in [4.69, 9.17) is 4.98 Å². The average molecular weight is 340 g/mol. The van der Waals surface area contributed by atoms with E-state index in [2.05, 4.69) is 42.3 Å². The summed E-state index contributed by atoms with van der Waals surface area (Å²) in [6.45, 7) is 4.21. The molecule has 0 bridgehead atoms. The van der Waals surface area contributed by atoms with Gasteiger partial charge in [-0.15, -0.1) is 10.2 Å². The Bertz CT molecular complexity index is 1080. The molecular weight excluding hydrogens is 320 g/mol. The summed E-state index contributed by atoms with van der Waals surface area (Å²) in [5.41, 5.74) is 6.01. The van der Waals surface area contributed by atoms with Gasteiger partial charge >= 0.3 is 0 Å². The predicted octanol–water partition coefficient (Wildman–Crippen LogP) is 6.29. The number of nitrogens with zero attached hydrogens (tertiary/aromatic N) is 4. The van der Waals surface area contributed by atoms with Gasteiger partial charge in [0, 0.05) is 11.8 Å². The van der Waals surface area contributed by atoms with E-state index in [0.29, 0.717) is 0 Å². The maximum Gasteiger partial charge on any atom is 0.187 e. The van der Waals surface area contributed by atoms with Gasteiger partial charge in [-0.3, -0.25) is 4.40 Å². The van der Waals surface area contributed by atoms with Gasteiger partial charge in [-0.05, 0) is 36.6 Å². The van der Waals surface area contributed by atoms with Crippen LogP contribution in [0.15, 0.2) is 83.2 Å². The van der Waals surface area contributed by atoms with Crippen LogP contribution in [-0.4, -0.2) is 9.38 Å². The van der Waals surface area contributed by atoms with Crippen LogP contribution < -0.4 is 0 Å². The Morgan fingerprint density at radius 3 is 2.50 bits per heavy atom. The van der Waals surface area contributed by atoms with Crippen molar-refractivity contribution in [1.82, 2.24) is 9.38 Å². The van der Waals surface area contributed by atoms with Crippen molar-refractivity contribution < 1.29 is 0 Å². The molecule has 4 rings (SSSR count). The third kappa shape index (κ3) is 2.90. The van der Waals surface area contributed by atoms with Crippen LogP contribution in [0, 0.1) is 6.92 Å². The Kier molecular flexibility index (Phi) is 4.32. The summed E-state index contributed by atoms with van der Waals surface area (Å²) in [5, 5.41) is 9.26. The van der Waals surface area contributed by atoms with E-state index in [-0.39, 0.29) is 0 Å². The van der Waals surface area contributed by atoms with E-state index >= 15 is 0 Å². The Hall–Kier alpha value is -3.27. The SMILES string of the molecule is CCc1cccc(C)c1N=Nc1c(-c2ccccc2)nc2ccccn12. The first-order valence-electron chi connectivity index (χ1n) is 8.80. The monoisotopic (exact) mass is 340 g/mol. The molecule has 128 valence electrons. The van der Waals surface area contributed by atoms with Crippen LogP contribution in [0.5, 0.6) is 0 Å². The largest absolute Gasteiger partial charge is 0.283 e. The number of hydrogen-bond acceptors (Lipinski definition) is 3. The van der Waals surface area contributed by atoms with Crippen LogP contribution in [0.4, 0.5) is 11.5 Å². The van der Waals surface area contributed by atoms with Crippen LogP contribution in [0.25, 0.3) is 16.9 Å². The van der Waals surface area contributed by atoms with Crippen LogP contribution in [0.2, 0.25) is 0 Å². The molecular formula is C22H20N4. The Balaban J connectivity index is 1.89. The molecule has 4 heteroatoms. The molecule has 2 aromatic carbocycles. The van der Waals surface area contributed by atoms with Crippen molar-refractivity contribution in [3.05, 3.63) is 84.1 Å². The second-order valence-electron chi connectivity index (χ2n) is 6.22. The summed E-state index contributed by atoms with van der Waals surface area (Å²) in [5.74, 6) is 0.747. The quantitative estimate of drug-likeness (QED) is 0.403. The molecule has 0 spiro atoms. The first-order chi connectivity index (χ1) is 12.8. The van der Waals surface area contributed by atoms with Crippen molar-refractivity contribution in [1.29, 1.82) is 0 Å². The van der Waals surface area contributed by atoms with Crippen molar-refractivity contribution in [2.75, 3.05) is 0 Å². The fraction of sp³-hybridized carbons (Fsp3) is 0.136. The number of imidazole rings is 1. The van der Waals surface area contributed by atoms with E-state index in [1.165, 1.54) is 5.56 Å². The highest BCUT2D eigenvalue weighted by Gasteiger charge is 2.14. The molecule has 2 aromatic heterocycles. The van der Waals surface area contributed by atoms with Gasteiger partial charge in [0.2, 0.25) is 0 Å². The van der Waals surface area contributed by atoms with E-state index in [1.807, 2.05) is 59.1 Å². The zero-order valence-corrected chi connectivity index (χ0v) is 14.9. The molecule has 0 N–H and O–H groups in total. The van der Waals surface area contributed by atoms with Crippen LogP contribution in [-0.2, 0) is 6.42 Å². The van der Waals surface area contributed by atoms with E-state index in [1.54, 1.807) is 0 Å². The number of aromatic nitrogens is 2. The Labute approximate surface area is 152 Å². The minimum atomic E-state index is 0.747. The zero-order chi connectivity index (χ0) is 17.9. The van der Waals surface area contributed by atoms with E-state index in [0.717, 1.165) is 40.4 Å². The number of hydrogen-bond donors (Lipinski definition) is 0. The van der Waals surface area contributed by atoms with E-state index in [9.17, 15) is 0 Å². The number of fused-ring (bicyclic) bond motifs is 1. The van der Waals surface area contributed by atoms with Gasteiger partial charge in [0.25, 0.3) is 0 Å². The molecule has 4 aromatic rings. The maximum atomic E-state index is 4.77. The molecule has 4 nitrogen and oxygen atoms in total. The van der Waals surface area contributed by atoms with Crippen molar-refractivity contribution in [3.8, 4) is 11.3 Å². The van der Waals surface area contributed by atoms with E-state index < -0.39 is 0 Å². The highest BCUT2D eigenvalue weighted by molar-refractivity contribution is 5.74. The third-order valence-corrected chi connectivity index (χ3v) is 4.50. The molecule has 26 heavy (non-hydrogen) atoms. The number of aryl methyl sites for hydroxylation is 2. The molecule has 0 atom stereocenters. The molecule has 0 aliphatic carbocycles. The van der Waals surface area contributed by atoms with Crippen molar-refractivity contribution in [3.63, 3.8) is 0 Å². The average Bonchev–Trinajstić information content (AvgIpc) is 3.06. The summed E-state index contributed by atoms with van der Waals surface area (Å²) in [7, 11) is 0. The lowest BCUT2D eigenvalue weighted by atomic mass is 10.1. The topological polar surface area (TPSA) is 42.0 Å². The summed E-state index contributed by atoms with van der Waals surface area (Å²) < 4.78 is 1.98. The van der Waals surface area contributed by atoms with Gasteiger partial charge in [-0.25, -0.2) is 4.98 Å². The van der Waals surface area contributed by atoms with Crippen molar-refractivity contribution in [2.45, 2.75) is 20.3 Å². The summed E-state index contributed by atoms with van der Waals surface area (Å²) in [4.78, 5) is 4.77. The summed E-state index contributed by atoms with van der Waals surface area (Å²) in [6.07, 6.45) is 2.90. The zero-order valence-electron chi connectivity index (χ0n) is 14.9. The molecule has 2 heterocycles. The van der Waals surface area contributed by atoms with Gasteiger partial charge in [0.15, 0.2) is 5.82 Å². The Morgan fingerprint density at radius 2 is 1.69 bits per heavy atom. The number of pyridine rings is 1. The fourth-order valence-corrected chi connectivity index (χ4v) is 3.11. The van der Waals surface area contributed by atoms with Gasteiger partial charge < -0.3 is 0 Å².